The molecular formula is C21H30N6O4S2. The molecule has 2 amide bonds. The Labute approximate surface area is 198 Å². The van der Waals surface area contributed by atoms with Gasteiger partial charge in [0, 0.05) is 19.6 Å². The van der Waals surface area contributed by atoms with Crippen LogP contribution in [0.4, 0.5) is 5.00 Å². The predicted molar refractivity (Wildman–Crippen MR) is 128 cm³/mol. The van der Waals surface area contributed by atoms with Crippen molar-refractivity contribution in [3.8, 4) is 0 Å². The summed E-state index contributed by atoms with van der Waals surface area (Å²) in [6.45, 7) is 3.60. The van der Waals surface area contributed by atoms with Crippen molar-refractivity contribution in [1.29, 1.82) is 0 Å². The molecule has 33 heavy (non-hydrogen) atoms. The number of nitrogens with zero attached hydrogens (tertiary/aromatic N) is 4. The number of hydrogen-bond donors (Lipinski definition) is 2. The normalized spacial score (nSPS) is 17.8. The molecule has 10 nitrogen and oxygen atoms in total. The molecule has 1 aliphatic heterocycles. The van der Waals surface area contributed by atoms with Crippen molar-refractivity contribution in [2.24, 2.45) is 5.73 Å². The van der Waals surface area contributed by atoms with Gasteiger partial charge in [0.2, 0.25) is 11.8 Å². The van der Waals surface area contributed by atoms with Crippen LogP contribution < -0.4 is 15.4 Å². The molecule has 0 unspecified atom stereocenters. The first kappa shape index (κ1) is 25.2. The largest absolute Gasteiger partial charge is 0.368 e. The molecular weight excluding hydrogens is 464 g/mol. The minimum Gasteiger partial charge on any atom is -0.368 e. The van der Waals surface area contributed by atoms with Gasteiger partial charge in [-0.25, -0.2) is 0 Å². The average Bonchev–Trinajstić information content (AvgIpc) is 3.20. The standard InChI is InChI=1S/C21H30N6O4S2/c1-16(20(22)28)27(19-14-23-15-32-19)21(29)18(13-17-7-4-3-5-8-17)24-33(30,31)26-10-6-9-25(2)11-12-26/h3-5,7-8,14-16,18,24H,6,9-13H2,1-2H3,(H2,22,28)/t16-,18-/m0/s1. The van der Waals surface area contributed by atoms with Crippen molar-refractivity contribution in [3.63, 3.8) is 0 Å². The number of primary amides is 1. The lowest BCUT2D eigenvalue weighted by molar-refractivity contribution is -0.125. The van der Waals surface area contributed by atoms with Crippen molar-refractivity contribution in [2.45, 2.75) is 31.8 Å². The summed E-state index contributed by atoms with van der Waals surface area (Å²) in [6.07, 6.45) is 2.27. The van der Waals surface area contributed by atoms with Crippen molar-refractivity contribution in [2.75, 3.05) is 38.1 Å². The lowest BCUT2D eigenvalue weighted by atomic mass is 10.0. The molecule has 3 rings (SSSR count). The maximum absolute atomic E-state index is 13.7. The number of rotatable bonds is 9. The van der Waals surface area contributed by atoms with E-state index in [1.54, 1.807) is 0 Å². The summed E-state index contributed by atoms with van der Waals surface area (Å²) >= 11 is 1.17. The Kier molecular flexibility index (Phi) is 8.54. The van der Waals surface area contributed by atoms with E-state index >= 15 is 0 Å². The second kappa shape index (κ2) is 11.2. The van der Waals surface area contributed by atoms with Crippen molar-refractivity contribution < 1.29 is 18.0 Å². The molecule has 0 saturated carbocycles. The van der Waals surface area contributed by atoms with Crippen LogP contribution in [-0.4, -0.2) is 79.7 Å². The third-order valence-corrected chi connectivity index (χ3v) is 7.98. The molecule has 3 N–H and O–H groups in total. The first-order valence-corrected chi connectivity index (χ1v) is 13.0. The van der Waals surface area contributed by atoms with Gasteiger partial charge in [0.1, 0.15) is 17.1 Å². The van der Waals surface area contributed by atoms with Crippen molar-refractivity contribution >= 4 is 38.4 Å². The molecule has 2 atom stereocenters. The van der Waals surface area contributed by atoms with Gasteiger partial charge in [-0.2, -0.15) is 17.4 Å². The topological polar surface area (TPSA) is 129 Å². The van der Waals surface area contributed by atoms with Gasteiger partial charge >= 0.3 is 0 Å². The Morgan fingerprint density at radius 3 is 2.58 bits per heavy atom. The van der Waals surface area contributed by atoms with Crippen LogP contribution in [0.15, 0.2) is 42.0 Å². The Hall–Kier alpha value is -2.38. The van der Waals surface area contributed by atoms with Gasteiger partial charge < -0.3 is 10.6 Å². The van der Waals surface area contributed by atoms with Crippen LogP contribution in [-0.2, 0) is 26.2 Å². The fourth-order valence-corrected chi connectivity index (χ4v) is 5.76. The lowest BCUT2D eigenvalue weighted by Crippen LogP contribution is -2.57. The number of amides is 2. The minimum absolute atomic E-state index is 0.118. The van der Waals surface area contributed by atoms with E-state index in [-0.39, 0.29) is 6.42 Å². The zero-order valence-electron chi connectivity index (χ0n) is 18.8. The summed E-state index contributed by atoms with van der Waals surface area (Å²) in [6, 6.07) is 7.02. The molecule has 180 valence electrons. The zero-order chi connectivity index (χ0) is 24.0. The third kappa shape index (κ3) is 6.58. The second-order valence-corrected chi connectivity index (χ2v) is 10.6. The van der Waals surface area contributed by atoms with Gasteiger partial charge in [0.15, 0.2) is 0 Å². The number of hydrogen-bond acceptors (Lipinski definition) is 7. The fourth-order valence-electron chi connectivity index (χ4n) is 3.66. The number of aromatic nitrogens is 1. The molecule has 12 heteroatoms. The zero-order valence-corrected chi connectivity index (χ0v) is 20.4. The molecule has 2 heterocycles. The summed E-state index contributed by atoms with van der Waals surface area (Å²) in [5.41, 5.74) is 7.83. The summed E-state index contributed by atoms with van der Waals surface area (Å²) in [7, 11) is -2.01. The molecule has 0 aliphatic carbocycles. The molecule has 1 fully saturated rings. The van der Waals surface area contributed by atoms with E-state index in [2.05, 4.69) is 14.6 Å². The van der Waals surface area contributed by atoms with Gasteiger partial charge in [-0.05, 0) is 38.9 Å². The molecule has 1 aromatic carbocycles. The van der Waals surface area contributed by atoms with E-state index in [0.29, 0.717) is 31.1 Å². The maximum atomic E-state index is 13.7. The van der Waals surface area contributed by atoms with E-state index in [4.69, 9.17) is 5.73 Å². The van der Waals surface area contributed by atoms with E-state index < -0.39 is 34.1 Å². The monoisotopic (exact) mass is 494 g/mol. The number of anilines is 1. The Morgan fingerprint density at radius 1 is 1.21 bits per heavy atom. The highest BCUT2D eigenvalue weighted by atomic mass is 32.2. The van der Waals surface area contributed by atoms with Gasteiger partial charge in [-0.3, -0.25) is 19.5 Å². The number of benzene rings is 1. The molecule has 1 aromatic heterocycles. The smallest absolute Gasteiger partial charge is 0.280 e. The molecule has 0 bridgehead atoms. The number of thiazole rings is 1. The van der Waals surface area contributed by atoms with Crippen LogP contribution in [0.5, 0.6) is 0 Å². The number of nitrogens with one attached hydrogen (secondary N) is 1. The summed E-state index contributed by atoms with van der Waals surface area (Å²) in [4.78, 5) is 33.0. The number of nitrogens with two attached hydrogens (primary N) is 1. The fraction of sp³-hybridized carbons (Fsp3) is 0.476. The summed E-state index contributed by atoms with van der Waals surface area (Å²) < 4.78 is 30.6. The van der Waals surface area contributed by atoms with Gasteiger partial charge in [-0.15, -0.1) is 11.3 Å². The van der Waals surface area contributed by atoms with Gasteiger partial charge in [0.05, 0.1) is 11.7 Å². The summed E-state index contributed by atoms with van der Waals surface area (Å²) in [5, 5.41) is 0.417. The molecule has 0 spiro atoms. The Morgan fingerprint density at radius 2 is 1.94 bits per heavy atom. The van der Waals surface area contributed by atoms with Crippen LogP contribution >= 0.6 is 11.3 Å². The summed E-state index contributed by atoms with van der Waals surface area (Å²) in [5.74, 6) is -1.27. The van der Waals surface area contributed by atoms with E-state index in [1.165, 1.54) is 39.2 Å². The molecule has 1 aliphatic rings. The van der Waals surface area contributed by atoms with Crippen LogP contribution in [0, 0.1) is 0 Å². The molecule has 1 saturated heterocycles. The minimum atomic E-state index is -3.96. The second-order valence-electron chi connectivity index (χ2n) is 8.05. The highest BCUT2D eigenvalue weighted by Crippen LogP contribution is 2.24. The third-order valence-electron chi connectivity index (χ3n) is 5.58. The van der Waals surface area contributed by atoms with Crippen molar-refractivity contribution in [3.05, 3.63) is 47.6 Å². The number of likely N-dealkylation sites (N-methyl/N-ethyl adjacent to an activating group) is 1. The highest BCUT2D eigenvalue weighted by Gasteiger charge is 2.36. The van der Waals surface area contributed by atoms with Crippen LogP contribution in [0.1, 0.15) is 18.9 Å². The molecule has 0 radical (unpaired) electrons. The van der Waals surface area contributed by atoms with E-state index in [9.17, 15) is 18.0 Å². The first-order valence-electron chi connectivity index (χ1n) is 10.7. The number of carbonyl (C=O) groups excluding carboxylic acids is 2. The van der Waals surface area contributed by atoms with E-state index in [1.807, 2.05) is 37.4 Å². The first-order chi connectivity index (χ1) is 15.7. The Balaban J connectivity index is 1.92. The maximum Gasteiger partial charge on any atom is 0.280 e. The average molecular weight is 495 g/mol. The van der Waals surface area contributed by atoms with Crippen LogP contribution in [0.2, 0.25) is 0 Å². The van der Waals surface area contributed by atoms with Crippen LogP contribution in [0.25, 0.3) is 0 Å². The number of carbonyl (C=O) groups is 2. The SMILES string of the molecule is C[C@@H](C(N)=O)N(C(=O)[C@H](Cc1ccccc1)NS(=O)(=O)N1CCCN(C)CC1)c1cncs1. The highest BCUT2D eigenvalue weighted by molar-refractivity contribution is 7.87. The van der Waals surface area contributed by atoms with Gasteiger partial charge in [-0.1, -0.05) is 30.3 Å². The quantitative estimate of drug-likeness (QED) is 0.520. The predicted octanol–water partition coefficient (Wildman–Crippen LogP) is 0.433. The van der Waals surface area contributed by atoms with E-state index in [0.717, 1.165) is 12.1 Å². The van der Waals surface area contributed by atoms with Crippen LogP contribution in [0.3, 0.4) is 0 Å². The van der Waals surface area contributed by atoms with Crippen molar-refractivity contribution in [1.82, 2.24) is 18.9 Å². The van der Waals surface area contributed by atoms with Gasteiger partial charge in [0.25, 0.3) is 10.2 Å². The molecule has 2 aromatic rings. The lowest BCUT2D eigenvalue weighted by Gasteiger charge is -2.31. The Bertz CT molecular complexity index is 1030.